The van der Waals surface area contributed by atoms with E-state index in [0.29, 0.717) is 33.5 Å². The van der Waals surface area contributed by atoms with Crippen LogP contribution in [0.5, 0.6) is 11.5 Å². The largest absolute Gasteiger partial charge is 2.00 e. The third-order valence-electron chi connectivity index (χ3n) is 16.5. The second-order valence-corrected chi connectivity index (χ2v) is 25.1. The van der Waals surface area contributed by atoms with Crippen molar-refractivity contribution in [2.45, 2.75) is 111 Å². The molecule has 0 atom stereocenters. The molecule has 83 heavy (non-hydrogen) atoms. The second-order valence-electron chi connectivity index (χ2n) is 25.1. The van der Waals surface area contributed by atoms with E-state index < -0.39 is 18.9 Å². The van der Waals surface area contributed by atoms with Gasteiger partial charge in [0.25, 0.3) is 11.4 Å². The van der Waals surface area contributed by atoms with Crippen molar-refractivity contribution in [3.8, 4) is 61.8 Å². The van der Waals surface area contributed by atoms with E-state index in [0.717, 1.165) is 63.2 Å². The molecule has 0 N–H and O–H groups in total. The molecule has 3 heterocycles. The molecule has 2 aliphatic rings. The van der Waals surface area contributed by atoms with Crippen LogP contribution in [-0.2, 0) is 42.7 Å². The molecule has 5 nitrogen and oxygen atoms in total. The number of nitrogens with zero attached hydrogens (tertiary/aromatic N) is 4. The minimum atomic E-state index is -2.63. The van der Waals surface area contributed by atoms with Gasteiger partial charge in [-0.1, -0.05) is 213 Å². The molecule has 0 fully saturated rings. The summed E-state index contributed by atoms with van der Waals surface area (Å²) in [5.74, 6) is 0.594. The summed E-state index contributed by atoms with van der Waals surface area (Å²) < 4.78 is 113. The molecule has 0 radical (unpaired) electrons. The molecule has 0 saturated carbocycles. The Hall–Kier alpha value is -8.20. The molecule has 0 bridgehead atoms. The minimum absolute atomic E-state index is 0. The number of rotatable bonds is 9. The van der Waals surface area contributed by atoms with E-state index >= 15 is 0 Å². The Bertz CT molecular complexity index is 5020. The van der Waals surface area contributed by atoms with Crippen LogP contribution in [0.3, 0.4) is 0 Å². The van der Waals surface area contributed by atoms with Crippen LogP contribution in [0.25, 0.3) is 72.1 Å². The fourth-order valence-electron chi connectivity index (χ4n) is 11.9. The minimum Gasteiger partial charge on any atom is -0.509 e. The van der Waals surface area contributed by atoms with E-state index in [9.17, 15) is 6.85 Å². The SMILES string of the molecule is [2H]c1c([2H])c(-c2ccccc2)c([2H])c(-c2cccc(-c3cc(C(C)(C)C)cc(C(C)(C)C)c3)c2[N+]2=C=[N+](c3[c-]c(Oc4[c-]c5c(cc4)c4c([2H])c([2H])c([2H])c([2H])c4n5-c4cc(C([2H])([2H])[2H])c(-c5cccc6c5C(C)(C)CCC6(C)C)cn4)ccc3)c3ccccc32)c1[2H].[Pt+2]. The number of pyridine rings is 1. The van der Waals surface area contributed by atoms with Gasteiger partial charge in [-0.3, -0.25) is 0 Å². The van der Waals surface area contributed by atoms with Crippen LogP contribution in [0.2, 0.25) is 0 Å². The summed E-state index contributed by atoms with van der Waals surface area (Å²) in [6.45, 7) is 19.4. The topological polar surface area (TPSA) is 33.1 Å². The fourth-order valence-corrected chi connectivity index (χ4v) is 11.9. The molecule has 1 aliphatic carbocycles. The molecule has 6 heteroatoms. The van der Waals surface area contributed by atoms with Gasteiger partial charge in [-0.2, -0.15) is 12.1 Å². The van der Waals surface area contributed by atoms with Gasteiger partial charge in [0.15, 0.2) is 0 Å². The number of ether oxygens (including phenoxy) is 1. The predicted octanol–water partition coefficient (Wildman–Crippen LogP) is 20.3. The molecule has 0 amide bonds. The third kappa shape index (κ3) is 10.0. The van der Waals surface area contributed by atoms with Crippen LogP contribution in [-0.4, -0.2) is 15.6 Å². The second kappa shape index (κ2) is 20.9. The Morgan fingerprint density at radius 2 is 1.24 bits per heavy atom. The van der Waals surface area contributed by atoms with E-state index in [1.54, 1.807) is 29.0 Å². The van der Waals surface area contributed by atoms with Gasteiger partial charge >= 0.3 is 27.1 Å². The standard InChI is InChI=1S/C77H70N4O.Pt/c1-50-41-71(78-48-65(50)64-32-22-33-66-72(64)77(10,11)40-39-76(66,8)9)81-67-34-16-15-29-62(67)63-38-37-59(47-70(63)81)82-58-28-20-27-57(46-58)79-49-80(69-36-18-17-35-68(69)79)73-60(53-26-19-25-52(42-53)51-23-13-12-14-24-51)30-21-31-61(73)54-43-55(74(2,3)4)45-56(44-54)75(5,6)7;/h12-38,41-45,48H,39-40H2,1-11H3;/q;+2/i1D3,15D,16D,19D,25D,26D,29D,34D,42D;. The summed E-state index contributed by atoms with van der Waals surface area (Å²) in [5.41, 5.74) is 11.1. The van der Waals surface area contributed by atoms with Crippen LogP contribution in [0.4, 0.5) is 22.7 Å². The average Bonchev–Trinajstić information content (AvgIpc) is 1.48. The number of para-hydroxylation sites is 4. The molecule has 0 unspecified atom stereocenters. The first-order valence-corrected chi connectivity index (χ1v) is 28.1. The molecular weight excluding hydrogens is 1190 g/mol. The summed E-state index contributed by atoms with van der Waals surface area (Å²) in [7, 11) is 0. The quantitative estimate of drug-likeness (QED) is 0.107. The van der Waals surface area contributed by atoms with Crippen molar-refractivity contribution < 1.29 is 40.9 Å². The van der Waals surface area contributed by atoms with Gasteiger partial charge in [-0.15, -0.1) is 23.6 Å². The van der Waals surface area contributed by atoms with E-state index in [1.807, 2.05) is 106 Å². The zero-order valence-electron chi connectivity index (χ0n) is 59.4. The number of hydrogen-bond donors (Lipinski definition) is 0. The van der Waals surface area contributed by atoms with Crippen molar-refractivity contribution in [2.75, 3.05) is 0 Å². The number of fused-ring (bicyclic) bond motifs is 5. The summed E-state index contributed by atoms with van der Waals surface area (Å²) >= 11 is 0. The van der Waals surface area contributed by atoms with Crippen molar-refractivity contribution in [1.82, 2.24) is 18.7 Å². The van der Waals surface area contributed by atoms with Crippen LogP contribution >= 0.6 is 0 Å². The van der Waals surface area contributed by atoms with Crippen LogP contribution in [0.15, 0.2) is 200 Å². The molecule has 11 aromatic rings. The fraction of sp³-hybridized carbons (Fsp3) is 0.221. The third-order valence-corrected chi connectivity index (χ3v) is 16.5. The zero-order chi connectivity index (χ0) is 66.3. The number of aromatic nitrogens is 2. The van der Waals surface area contributed by atoms with E-state index in [-0.39, 0.29) is 129 Å². The molecule has 412 valence electrons. The summed E-state index contributed by atoms with van der Waals surface area (Å²) in [6.07, 6.45) is 3.45. The molecule has 2 aromatic heterocycles. The average molecular weight is 1270 g/mol. The van der Waals surface area contributed by atoms with E-state index in [2.05, 4.69) is 112 Å². The van der Waals surface area contributed by atoms with Gasteiger partial charge < -0.3 is 9.30 Å². The van der Waals surface area contributed by atoms with Crippen molar-refractivity contribution in [1.29, 1.82) is 0 Å². The molecule has 9 aromatic carbocycles. The van der Waals surface area contributed by atoms with Crippen LogP contribution in [0.1, 0.15) is 125 Å². The predicted molar refractivity (Wildman–Crippen MR) is 343 cm³/mol. The van der Waals surface area contributed by atoms with Gasteiger partial charge in [0, 0.05) is 45.0 Å². The van der Waals surface area contributed by atoms with Gasteiger partial charge in [0.05, 0.1) is 22.1 Å². The Balaban J connectivity index is 0.00000848. The first-order valence-electron chi connectivity index (χ1n) is 33.6. The normalized spacial score (nSPS) is 16.4. The smallest absolute Gasteiger partial charge is 0.509 e. The van der Waals surface area contributed by atoms with E-state index in [4.69, 9.17) is 17.9 Å². The van der Waals surface area contributed by atoms with Crippen molar-refractivity contribution in [3.63, 3.8) is 0 Å². The van der Waals surface area contributed by atoms with E-state index in [1.165, 1.54) is 6.07 Å². The Labute approximate surface area is 520 Å². The van der Waals surface area contributed by atoms with Crippen molar-refractivity contribution >= 4 is 50.6 Å². The molecule has 1 aliphatic heterocycles. The van der Waals surface area contributed by atoms with Crippen molar-refractivity contribution in [3.05, 3.63) is 240 Å². The Morgan fingerprint density at radius 3 is 1.99 bits per heavy atom. The number of benzene rings is 9. The monoisotopic (exact) mass is 1270 g/mol. The number of aryl methyl sites for hydroxylation is 1. The number of hydrogen-bond acceptors (Lipinski definition) is 2. The maximum Gasteiger partial charge on any atom is 2.00 e. The Morgan fingerprint density at radius 1 is 0.590 bits per heavy atom. The van der Waals surface area contributed by atoms with Gasteiger partial charge in [-0.05, 0) is 137 Å². The van der Waals surface area contributed by atoms with Crippen LogP contribution < -0.4 is 13.9 Å². The summed E-state index contributed by atoms with van der Waals surface area (Å²) in [4.78, 5) is 4.99. The van der Waals surface area contributed by atoms with Gasteiger partial charge in [0.1, 0.15) is 11.5 Å². The molecule has 0 saturated heterocycles. The molecular formula is C77H70N4OPt+2. The summed E-state index contributed by atoms with van der Waals surface area (Å²) in [5, 5.41) is 0.630. The maximum atomic E-state index is 9.94. The van der Waals surface area contributed by atoms with Gasteiger partial charge in [-0.25, -0.2) is 4.98 Å². The maximum absolute atomic E-state index is 9.94. The molecule has 13 rings (SSSR count). The Kier molecular flexibility index (Phi) is 10.9. The summed E-state index contributed by atoms with van der Waals surface area (Å²) in [6, 6.07) is 54.2. The van der Waals surface area contributed by atoms with Gasteiger partial charge in [0.2, 0.25) is 5.69 Å². The van der Waals surface area contributed by atoms with Crippen molar-refractivity contribution in [2.24, 2.45) is 0 Å². The zero-order valence-corrected chi connectivity index (χ0v) is 50.6. The first-order chi connectivity index (χ1) is 43.9. The molecule has 0 spiro atoms. The van der Waals surface area contributed by atoms with Crippen LogP contribution in [0, 0.1) is 19.0 Å². The first kappa shape index (κ1) is 43.5.